The Bertz CT molecular complexity index is 612. The van der Waals surface area contributed by atoms with E-state index >= 15 is 0 Å². The van der Waals surface area contributed by atoms with E-state index in [0.29, 0.717) is 5.69 Å². The number of ketones is 1. The topological polar surface area (TPSA) is 65.1 Å². The molecule has 0 bridgehead atoms. The fraction of sp³-hybridized carbons (Fsp3) is 0.154. The van der Waals surface area contributed by atoms with Gasteiger partial charge in [0.25, 0.3) is 5.69 Å². The number of benzene rings is 1. The molecule has 0 radical (unpaired) electrons. The number of carbonyl (C=O) groups excluding carboxylic acids is 1. The van der Waals surface area contributed by atoms with E-state index in [2.05, 4.69) is 0 Å². The number of hydrogen-bond donors (Lipinski definition) is 0. The molecule has 5 nitrogen and oxygen atoms in total. The van der Waals surface area contributed by atoms with Crippen LogP contribution < -0.4 is 0 Å². The molecule has 0 amide bonds. The number of nitrogens with zero attached hydrogens (tertiary/aromatic N) is 2. The van der Waals surface area contributed by atoms with Gasteiger partial charge in [0.05, 0.1) is 10.6 Å². The number of rotatable bonds is 3. The summed E-state index contributed by atoms with van der Waals surface area (Å²) in [5.41, 5.74) is 2.37. The van der Waals surface area contributed by atoms with Crippen molar-refractivity contribution in [2.45, 2.75) is 6.92 Å². The van der Waals surface area contributed by atoms with Crippen LogP contribution in [0.2, 0.25) is 0 Å². The highest BCUT2D eigenvalue weighted by atomic mass is 16.6. The van der Waals surface area contributed by atoms with Crippen LogP contribution in [0.4, 0.5) is 5.69 Å². The minimum absolute atomic E-state index is 0.00865. The summed E-state index contributed by atoms with van der Waals surface area (Å²) in [5.74, 6) is -0.00865. The first-order valence-electron chi connectivity index (χ1n) is 5.42. The Hall–Kier alpha value is -2.43. The highest BCUT2D eigenvalue weighted by molar-refractivity contribution is 5.93. The number of aromatic nitrogens is 1. The third-order valence-corrected chi connectivity index (χ3v) is 2.86. The summed E-state index contributed by atoms with van der Waals surface area (Å²) >= 11 is 0. The molecule has 18 heavy (non-hydrogen) atoms. The van der Waals surface area contributed by atoms with Crippen molar-refractivity contribution in [1.29, 1.82) is 0 Å². The Morgan fingerprint density at radius 3 is 2.22 bits per heavy atom. The van der Waals surface area contributed by atoms with Gasteiger partial charge in [-0.15, -0.1) is 0 Å². The standard InChI is InChI=1S/C13H12N2O3/c1-9(16)12-7-8-13(14(12)2)10-3-5-11(6-4-10)15(17)18/h3-8H,1-2H3. The van der Waals surface area contributed by atoms with Crippen molar-refractivity contribution in [3.63, 3.8) is 0 Å². The average Bonchev–Trinajstić information content (AvgIpc) is 2.71. The summed E-state index contributed by atoms with van der Waals surface area (Å²) in [6, 6.07) is 9.84. The SMILES string of the molecule is CC(=O)c1ccc(-c2ccc([N+](=O)[O-])cc2)n1C. The second-order valence-electron chi connectivity index (χ2n) is 4.02. The van der Waals surface area contributed by atoms with Gasteiger partial charge in [-0.2, -0.15) is 0 Å². The summed E-state index contributed by atoms with van der Waals surface area (Å²) in [6.45, 7) is 1.51. The molecule has 0 saturated carbocycles. The van der Waals surface area contributed by atoms with Crippen molar-refractivity contribution in [3.05, 3.63) is 52.2 Å². The average molecular weight is 244 g/mol. The highest BCUT2D eigenvalue weighted by Crippen LogP contribution is 2.24. The molecule has 0 spiro atoms. The molecule has 1 aromatic carbocycles. The zero-order chi connectivity index (χ0) is 13.3. The van der Waals surface area contributed by atoms with Crippen LogP contribution in [0.1, 0.15) is 17.4 Å². The van der Waals surface area contributed by atoms with E-state index in [9.17, 15) is 14.9 Å². The van der Waals surface area contributed by atoms with Crippen molar-refractivity contribution >= 4 is 11.5 Å². The van der Waals surface area contributed by atoms with E-state index in [1.807, 2.05) is 6.07 Å². The molecular weight excluding hydrogens is 232 g/mol. The first-order valence-corrected chi connectivity index (χ1v) is 5.42. The lowest BCUT2D eigenvalue weighted by Crippen LogP contribution is -2.02. The number of Topliss-reactive ketones (excluding diaryl/α,β-unsaturated/α-hetero) is 1. The van der Waals surface area contributed by atoms with E-state index < -0.39 is 4.92 Å². The predicted octanol–water partition coefficient (Wildman–Crippen LogP) is 2.80. The molecular formula is C13H12N2O3. The first-order chi connectivity index (χ1) is 8.50. The van der Waals surface area contributed by atoms with E-state index in [1.165, 1.54) is 19.1 Å². The van der Waals surface area contributed by atoms with Gasteiger partial charge in [0, 0.05) is 31.8 Å². The lowest BCUT2D eigenvalue weighted by Gasteiger charge is -2.05. The van der Waals surface area contributed by atoms with E-state index in [1.54, 1.807) is 29.8 Å². The third kappa shape index (κ3) is 2.02. The lowest BCUT2D eigenvalue weighted by molar-refractivity contribution is -0.384. The second kappa shape index (κ2) is 4.44. The fourth-order valence-corrected chi connectivity index (χ4v) is 1.91. The Labute approximate surface area is 104 Å². The van der Waals surface area contributed by atoms with Gasteiger partial charge in [-0.1, -0.05) is 0 Å². The summed E-state index contributed by atoms with van der Waals surface area (Å²) in [4.78, 5) is 21.5. The largest absolute Gasteiger partial charge is 0.341 e. The van der Waals surface area contributed by atoms with E-state index in [0.717, 1.165) is 11.3 Å². The second-order valence-corrected chi connectivity index (χ2v) is 4.02. The molecule has 0 aliphatic rings. The van der Waals surface area contributed by atoms with Gasteiger partial charge < -0.3 is 4.57 Å². The predicted molar refractivity (Wildman–Crippen MR) is 67.5 cm³/mol. The maximum Gasteiger partial charge on any atom is 0.269 e. The Morgan fingerprint density at radius 1 is 1.17 bits per heavy atom. The summed E-state index contributed by atoms with van der Waals surface area (Å²) in [7, 11) is 1.80. The Morgan fingerprint density at radius 2 is 1.78 bits per heavy atom. The fourth-order valence-electron chi connectivity index (χ4n) is 1.91. The lowest BCUT2D eigenvalue weighted by atomic mass is 10.1. The van der Waals surface area contributed by atoms with Gasteiger partial charge in [0.15, 0.2) is 5.78 Å². The smallest absolute Gasteiger partial charge is 0.269 e. The number of nitro benzene ring substituents is 1. The van der Waals surface area contributed by atoms with Gasteiger partial charge in [0.2, 0.25) is 0 Å². The zero-order valence-electron chi connectivity index (χ0n) is 10.1. The minimum atomic E-state index is -0.435. The molecule has 0 aliphatic carbocycles. The zero-order valence-corrected chi connectivity index (χ0v) is 10.1. The number of nitro groups is 1. The van der Waals surface area contributed by atoms with Crippen molar-refractivity contribution in [2.75, 3.05) is 0 Å². The molecule has 0 saturated heterocycles. The van der Waals surface area contributed by atoms with E-state index in [-0.39, 0.29) is 11.5 Å². The van der Waals surface area contributed by atoms with Gasteiger partial charge in [-0.3, -0.25) is 14.9 Å². The molecule has 5 heteroatoms. The molecule has 92 valence electrons. The van der Waals surface area contributed by atoms with Crippen LogP contribution in [0.3, 0.4) is 0 Å². The van der Waals surface area contributed by atoms with Crippen molar-refractivity contribution < 1.29 is 9.72 Å². The van der Waals surface area contributed by atoms with Crippen molar-refractivity contribution in [1.82, 2.24) is 4.57 Å². The van der Waals surface area contributed by atoms with Gasteiger partial charge >= 0.3 is 0 Å². The maximum absolute atomic E-state index is 11.3. The molecule has 0 aliphatic heterocycles. The summed E-state index contributed by atoms with van der Waals surface area (Å²) in [6.07, 6.45) is 0. The van der Waals surface area contributed by atoms with Gasteiger partial charge in [-0.05, 0) is 29.8 Å². The number of carbonyl (C=O) groups is 1. The molecule has 0 atom stereocenters. The Balaban J connectivity index is 2.43. The maximum atomic E-state index is 11.3. The van der Waals surface area contributed by atoms with E-state index in [4.69, 9.17) is 0 Å². The van der Waals surface area contributed by atoms with Gasteiger partial charge in [0.1, 0.15) is 0 Å². The van der Waals surface area contributed by atoms with Crippen LogP contribution in [0.15, 0.2) is 36.4 Å². The van der Waals surface area contributed by atoms with Crippen LogP contribution >= 0.6 is 0 Å². The third-order valence-electron chi connectivity index (χ3n) is 2.86. The normalized spacial score (nSPS) is 10.3. The number of hydrogen-bond acceptors (Lipinski definition) is 3. The first kappa shape index (κ1) is 12.0. The molecule has 0 N–H and O–H groups in total. The van der Waals surface area contributed by atoms with Crippen LogP contribution in [0, 0.1) is 10.1 Å². The Kier molecular flexibility index (Phi) is 2.97. The molecule has 1 aromatic heterocycles. The van der Waals surface area contributed by atoms with Crippen LogP contribution in [0.25, 0.3) is 11.3 Å². The number of non-ortho nitro benzene ring substituents is 1. The quantitative estimate of drug-likeness (QED) is 0.473. The van der Waals surface area contributed by atoms with Gasteiger partial charge in [-0.25, -0.2) is 0 Å². The molecule has 2 aromatic rings. The minimum Gasteiger partial charge on any atom is -0.341 e. The van der Waals surface area contributed by atoms with Crippen LogP contribution in [-0.2, 0) is 7.05 Å². The monoisotopic (exact) mass is 244 g/mol. The summed E-state index contributed by atoms with van der Waals surface area (Å²) < 4.78 is 1.78. The molecule has 2 rings (SSSR count). The van der Waals surface area contributed by atoms with Crippen molar-refractivity contribution in [3.8, 4) is 11.3 Å². The molecule has 1 heterocycles. The molecule has 0 fully saturated rings. The highest BCUT2D eigenvalue weighted by Gasteiger charge is 2.11. The van der Waals surface area contributed by atoms with Crippen LogP contribution in [0.5, 0.6) is 0 Å². The molecule has 0 unspecified atom stereocenters. The van der Waals surface area contributed by atoms with Crippen molar-refractivity contribution in [2.24, 2.45) is 7.05 Å². The summed E-state index contributed by atoms with van der Waals surface area (Å²) in [5, 5.41) is 10.6. The van der Waals surface area contributed by atoms with Crippen LogP contribution in [-0.4, -0.2) is 15.3 Å².